The van der Waals surface area contributed by atoms with Crippen LogP contribution < -0.4 is 4.90 Å². The predicted molar refractivity (Wildman–Crippen MR) is 106 cm³/mol. The molecule has 0 bridgehead atoms. The second-order valence-electron chi connectivity index (χ2n) is 6.41. The fourth-order valence-electron chi connectivity index (χ4n) is 3.62. The molecule has 130 valence electrons. The lowest BCUT2D eigenvalue weighted by atomic mass is 9.97. The van der Waals surface area contributed by atoms with Crippen molar-refractivity contribution in [1.82, 2.24) is 9.97 Å². The molecule has 0 saturated carbocycles. The van der Waals surface area contributed by atoms with Crippen LogP contribution in [0.2, 0.25) is 0 Å². The first-order valence-corrected chi connectivity index (χ1v) is 10.5. The summed E-state index contributed by atoms with van der Waals surface area (Å²) in [6.45, 7) is 5.30. The second kappa shape index (κ2) is 6.67. The zero-order valence-electron chi connectivity index (χ0n) is 14.3. The highest BCUT2D eigenvalue weighted by molar-refractivity contribution is 9.10. The Morgan fingerprint density at radius 2 is 2.16 bits per heavy atom. The quantitative estimate of drug-likeness (QED) is 0.630. The molecule has 1 aromatic heterocycles. The van der Waals surface area contributed by atoms with Gasteiger partial charge in [0.25, 0.3) is 0 Å². The third-order valence-electron chi connectivity index (χ3n) is 4.85. The standard InChI is InChI=1S/C19H20BrN3OS/c1-3-23-12(2)8-9-13-10-14(20)11-17(18(13)23)25(24)19-21-15-6-4-5-7-16(15)22-19/h4-7,10-12H,3,8-9H2,1-2H3,(H,21,22). The Morgan fingerprint density at radius 1 is 1.36 bits per heavy atom. The van der Waals surface area contributed by atoms with Crippen LogP contribution in [0.15, 0.2) is 50.9 Å². The number of imidazole rings is 1. The van der Waals surface area contributed by atoms with Gasteiger partial charge in [0.15, 0.2) is 4.90 Å². The molecule has 1 N–H and O–H groups in total. The number of hydrogen-bond acceptors (Lipinski definition) is 3. The van der Waals surface area contributed by atoms with Gasteiger partial charge in [0.1, 0.15) is 0 Å². The molecule has 2 unspecified atom stereocenters. The average Bonchev–Trinajstić information content (AvgIpc) is 3.05. The molecular weight excluding hydrogens is 398 g/mol. The van der Waals surface area contributed by atoms with E-state index in [2.05, 4.69) is 50.7 Å². The largest absolute Gasteiger partial charge is 0.604 e. The molecule has 3 aromatic rings. The van der Waals surface area contributed by atoms with E-state index in [0.29, 0.717) is 11.2 Å². The van der Waals surface area contributed by atoms with Crippen LogP contribution in [0.4, 0.5) is 5.69 Å². The Labute approximate surface area is 159 Å². The summed E-state index contributed by atoms with van der Waals surface area (Å²) >= 11 is 2.24. The van der Waals surface area contributed by atoms with E-state index in [4.69, 9.17) is 0 Å². The summed E-state index contributed by atoms with van der Waals surface area (Å²) in [7, 11) is 0. The van der Waals surface area contributed by atoms with E-state index < -0.39 is 11.2 Å². The van der Waals surface area contributed by atoms with E-state index in [-0.39, 0.29) is 0 Å². The highest BCUT2D eigenvalue weighted by Gasteiger charge is 2.32. The molecule has 4 nitrogen and oxygen atoms in total. The Balaban J connectivity index is 1.85. The van der Waals surface area contributed by atoms with E-state index in [0.717, 1.165) is 45.5 Å². The summed E-state index contributed by atoms with van der Waals surface area (Å²) in [5, 5.41) is 0.510. The molecule has 2 aromatic carbocycles. The minimum atomic E-state index is -1.35. The normalized spacial score (nSPS) is 18.4. The van der Waals surface area contributed by atoms with Crippen molar-refractivity contribution in [3.8, 4) is 0 Å². The van der Waals surface area contributed by atoms with Gasteiger partial charge >= 0.3 is 5.16 Å². The van der Waals surface area contributed by atoms with Crippen LogP contribution in [0.5, 0.6) is 0 Å². The van der Waals surface area contributed by atoms with Gasteiger partial charge in [-0.05, 0) is 50.5 Å². The first kappa shape index (κ1) is 16.9. The van der Waals surface area contributed by atoms with Crippen molar-refractivity contribution in [3.63, 3.8) is 0 Å². The Morgan fingerprint density at radius 3 is 2.92 bits per heavy atom. The lowest BCUT2D eigenvalue weighted by Crippen LogP contribution is -2.38. The summed E-state index contributed by atoms with van der Waals surface area (Å²) in [6, 6.07) is 12.4. The summed E-state index contributed by atoms with van der Waals surface area (Å²) in [5.41, 5.74) is 4.13. The third-order valence-corrected chi connectivity index (χ3v) is 6.57. The van der Waals surface area contributed by atoms with Gasteiger partial charge in [-0.15, -0.1) is 0 Å². The monoisotopic (exact) mass is 417 g/mol. The van der Waals surface area contributed by atoms with Gasteiger partial charge in [-0.3, -0.25) is 4.98 Å². The Hall–Kier alpha value is -1.50. The molecule has 0 aliphatic carbocycles. The first-order chi connectivity index (χ1) is 12.1. The van der Waals surface area contributed by atoms with Crippen LogP contribution >= 0.6 is 15.9 Å². The number of para-hydroxylation sites is 2. The molecule has 1 aliphatic heterocycles. The van der Waals surface area contributed by atoms with Gasteiger partial charge in [0.05, 0.1) is 27.9 Å². The van der Waals surface area contributed by atoms with E-state index in [1.807, 2.05) is 30.3 Å². The van der Waals surface area contributed by atoms with E-state index in [1.165, 1.54) is 5.56 Å². The Bertz CT molecular complexity index is 893. The van der Waals surface area contributed by atoms with Gasteiger partial charge < -0.3 is 9.45 Å². The Kier molecular flexibility index (Phi) is 4.52. The van der Waals surface area contributed by atoms with Crippen LogP contribution in [0.1, 0.15) is 25.8 Å². The number of aryl methyl sites for hydroxylation is 1. The zero-order chi connectivity index (χ0) is 17.6. The van der Waals surface area contributed by atoms with Crippen LogP contribution in [0.3, 0.4) is 0 Å². The number of halogens is 1. The highest BCUT2D eigenvalue weighted by atomic mass is 79.9. The van der Waals surface area contributed by atoms with Crippen molar-refractivity contribution >= 4 is 43.8 Å². The number of fused-ring (bicyclic) bond motifs is 2. The summed E-state index contributed by atoms with van der Waals surface area (Å²) in [6.07, 6.45) is 2.13. The molecule has 2 heterocycles. The van der Waals surface area contributed by atoms with Crippen molar-refractivity contribution < 1.29 is 4.55 Å². The second-order valence-corrected chi connectivity index (χ2v) is 8.69. The smallest absolute Gasteiger partial charge is 0.327 e. The maximum Gasteiger partial charge on any atom is 0.327 e. The average molecular weight is 418 g/mol. The highest BCUT2D eigenvalue weighted by Crippen LogP contribution is 2.40. The summed E-state index contributed by atoms with van der Waals surface area (Å²) in [4.78, 5) is 11.0. The van der Waals surface area contributed by atoms with Crippen molar-refractivity contribution in [1.29, 1.82) is 0 Å². The van der Waals surface area contributed by atoms with Gasteiger partial charge in [0, 0.05) is 23.1 Å². The molecule has 0 spiro atoms. The fourth-order valence-corrected chi connectivity index (χ4v) is 5.52. The van der Waals surface area contributed by atoms with Crippen LogP contribution in [0.25, 0.3) is 11.0 Å². The zero-order valence-corrected chi connectivity index (χ0v) is 16.7. The number of benzene rings is 2. The summed E-state index contributed by atoms with van der Waals surface area (Å²) < 4.78 is 14.3. The number of nitrogens with zero attached hydrogens (tertiary/aromatic N) is 2. The van der Waals surface area contributed by atoms with Gasteiger partial charge in [-0.25, -0.2) is 0 Å². The SMILES string of the molecule is CCN1c2c(cc(Br)cc2[S+]([O-])c2nc3ccccc3[nH]2)CCC1C. The topological polar surface area (TPSA) is 55.0 Å². The van der Waals surface area contributed by atoms with Crippen molar-refractivity contribution in [2.45, 2.75) is 42.8 Å². The molecule has 4 rings (SSSR count). The molecule has 0 saturated heterocycles. The molecule has 0 fully saturated rings. The molecule has 25 heavy (non-hydrogen) atoms. The van der Waals surface area contributed by atoms with Crippen molar-refractivity contribution in [3.05, 3.63) is 46.4 Å². The molecule has 0 amide bonds. The third kappa shape index (κ3) is 2.96. The number of rotatable bonds is 3. The number of anilines is 1. The number of H-pyrrole nitrogens is 1. The van der Waals surface area contributed by atoms with E-state index in [9.17, 15) is 4.55 Å². The molecule has 0 radical (unpaired) electrons. The van der Waals surface area contributed by atoms with Gasteiger partial charge in [-0.1, -0.05) is 28.1 Å². The molecule has 1 aliphatic rings. The number of nitrogens with one attached hydrogen (secondary N) is 1. The van der Waals surface area contributed by atoms with E-state index >= 15 is 0 Å². The first-order valence-electron chi connectivity index (χ1n) is 8.54. The minimum Gasteiger partial charge on any atom is -0.604 e. The molecule has 6 heteroatoms. The maximum absolute atomic E-state index is 13.4. The number of aromatic nitrogens is 2. The fraction of sp³-hybridized carbons (Fsp3) is 0.316. The minimum absolute atomic E-state index is 0.449. The molecular formula is C19H20BrN3OS. The van der Waals surface area contributed by atoms with E-state index in [1.54, 1.807) is 0 Å². The van der Waals surface area contributed by atoms with Crippen molar-refractivity contribution in [2.24, 2.45) is 0 Å². The maximum atomic E-state index is 13.4. The van der Waals surface area contributed by atoms with Crippen LogP contribution in [-0.2, 0) is 17.6 Å². The van der Waals surface area contributed by atoms with Gasteiger partial charge in [0.2, 0.25) is 0 Å². The number of hydrogen-bond donors (Lipinski definition) is 1. The lowest BCUT2D eigenvalue weighted by Gasteiger charge is -2.37. The van der Waals surface area contributed by atoms with Crippen LogP contribution in [0, 0.1) is 0 Å². The summed E-state index contributed by atoms with van der Waals surface area (Å²) in [5.74, 6) is 0. The lowest BCUT2D eigenvalue weighted by molar-refractivity contribution is 0.560. The van der Waals surface area contributed by atoms with Gasteiger partial charge in [-0.2, -0.15) is 4.98 Å². The predicted octanol–water partition coefficient (Wildman–Crippen LogP) is 4.65. The number of aromatic amines is 1. The molecule has 2 atom stereocenters. The van der Waals surface area contributed by atoms with Crippen LogP contribution in [-0.4, -0.2) is 27.1 Å². The van der Waals surface area contributed by atoms with Crippen molar-refractivity contribution in [2.75, 3.05) is 11.4 Å².